The molecule has 0 aromatic heterocycles. The van der Waals surface area contributed by atoms with Crippen LogP contribution < -0.4 is 4.90 Å². The van der Waals surface area contributed by atoms with Crippen molar-refractivity contribution in [1.82, 2.24) is 0 Å². The van der Waals surface area contributed by atoms with Crippen molar-refractivity contribution in [2.75, 3.05) is 34.1 Å². The molecule has 0 spiro atoms. The third-order valence-corrected chi connectivity index (χ3v) is 7.41. The lowest BCUT2D eigenvalue weighted by molar-refractivity contribution is -0.935. The Balaban J connectivity index is 1.40. The van der Waals surface area contributed by atoms with Gasteiger partial charge in [0.05, 0.1) is 31.9 Å². The minimum absolute atomic E-state index is 0.0942. The average molecular weight is 348 g/mol. The zero-order chi connectivity index (χ0) is 17.0. The molecule has 3 saturated heterocycles. The normalized spacial score (nSPS) is 45.8. The first-order chi connectivity index (χ1) is 12.3. The molecule has 5 heteroatoms. The van der Waals surface area contributed by atoms with Gasteiger partial charge in [-0.25, -0.2) is 0 Å². The van der Waals surface area contributed by atoms with E-state index in [2.05, 4.69) is 6.08 Å². The summed E-state index contributed by atoms with van der Waals surface area (Å²) in [4.78, 5) is 1.75. The molecule has 2 aliphatic carbocycles. The molecule has 6 unspecified atom stereocenters. The number of fused-ring (bicyclic) bond motifs is 5. The van der Waals surface area contributed by atoms with Gasteiger partial charge in [-0.3, -0.25) is 0 Å². The van der Waals surface area contributed by atoms with Gasteiger partial charge >= 0.3 is 0 Å². The fourth-order valence-electron chi connectivity index (χ4n) is 6.16. The standard InChI is InChI=1S/C20H29NO4/c1-22-17-4-3-12-7-16-14-9-19-18(24-11-25-19)8-13(14)5-6-21(16)10-15(12)20(17)23-2/h3,13-14,16-19H,4-11H2,1-2H3/p+1/t13?,14?,16?,17-,18?,19?/m0/s1. The van der Waals surface area contributed by atoms with Gasteiger partial charge in [-0.1, -0.05) is 6.08 Å². The Bertz CT molecular complexity index is 601. The molecule has 1 saturated carbocycles. The van der Waals surface area contributed by atoms with E-state index < -0.39 is 0 Å². The molecule has 0 aromatic carbocycles. The molecule has 7 atom stereocenters. The maximum Gasteiger partial charge on any atom is 0.147 e. The number of nitrogens with one attached hydrogen (secondary N) is 1. The van der Waals surface area contributed by atoms with Crippen molar-refractivity contribution >= 4 is 0 Å². The first-order valence-electron chi connectivity index (χ1n) is 9.85. The van der Waals surface area contributed by atoms with Crippen LogP contribution in [0.15, 0.2) is 23.0 Å². The second kappa shape index (κ2) is 6.38. The monoisotopic (exact) mass is 348 g/mol. The van der Waals surface area contributed by atoms with Gasteiger partial charge in [-0.05, 0) is 37.2 Å². The molecular weight excluding hydrogens is 318 g/mol. The Morgan fingerprint density at radius 1 is 1.16 bits per heavy atom. The van der Waals surface area contributed by atoms with E-state index in [4.69, 9.17) is 18.9 Å². The highest BCUT2D eigenvalue weighted by atomic mass is 16.7. The van der Waals surface area contributed by atoms with Gasteiger partial charge in [0.25, 0.3) is 0 Å². The Morgan fingerprint density at radius 2 is 2.00 bits per heavy atom. The summed E-state index contributed by atoms with van der Waals surface area (Å²) in [5.74, 6) is 2.67. The zero-order valence-electron chi connectivity index (χ0n) is 15.3. The molecule has 0 aromatic rings. The Labute approximate surface area is 149 Å². The van der Waals surface area contributed by atoms with E-state index in [9.17, 15) is 0 Å². The highest BCUT2D eigenvalue weighted by Gasteiger charge is 2.51. The fourth-order valence-corrected chi connectivity index (χ4v) is 6.16. The minimum atomic E-state index is 0.0942. The van der Waals surface area contributed by atoms with Crippen molar-refractivity contribution in [2.45, 2.75) is 56.5 Å². The van der Waals surface area contributed by atoms with Crippen LogP contribution in [0.3, 0.4) is 0 Å². The molecule has 3 heterocycles. The van der Waals surface area contributed by atoms with Crippen molar-refractivity contribution in [2.24, 2.45) is 11.8 Å². The van der Waals surface area contributed by atoms with E-state index >= 15 is 0 Å². The third-order valence-electron chi connectivity index (χ3n) is 7.41. The summed E-state index contributed by atoms with van der Waals surface area (Å²) in [6, 6.07) is 0.733. The van der Waals surface area contributed by atoms with Crippen LogP contribution >= 0.6 is 0 Å². The lowest BCUT2D eigenvalue weighted by atomic mass is 9.66. The van der Waals surface area contributed by atoms with Crippen LogP contribution in [0.25, 0.3) is 0 Å². The van der Waals surface area contributed by atoms with E-state index in [1.165, 1.54) is 43.4 Å². The summed E-state index contributed by atoms with van der Waals surface area (Å²) in [5.41, 5.74) is 2.93. The quantitative estimate of drug-likeness (QED) is 0.810. The molecule has 5 aliphatic rings. The molecule has 0 radical (unpaired) electrons. The van der Waals surface area contributed by atoms with Crippen LogP contribution in [0, 0.1) is 11.8 Å². The summed E-state index contributed by atoms with van der Waals surface area (Å²) >= 11 is 0. The number of quaternary nitrogens is 1. The van der Waals surface area contributed by atoms with E-state index in [-0.39, 0.29) is 6.10 Å². The topological polar surface area (TPSA) is 41.4 Å². The molecular formula is C20H30NO4+. The fraction of sp³-hybridized carbons (Fsp3) is 0.800. The number of hydrogen-bond acceptors (Lipinski definition) is 4. The summed E-state index contributed by atoms with van der Waals surface area (Å²) in [6.07, 6.45) is 9.05. The predicted molar refractivity (Wildman–Crippen MR) is 92.1 cm³/mol. The third kappa shape index (κ3) is 2.59. The van der Waals surface area contributed by atoms with Crippen molar-refractivity contribution < 1.29 is 23.8 Å². The number of ether oxygens (including phenoxy) is 4. The smallest absolute Gasteiger partial charge is 0.147 e. The average Bonchev–Trinajstić information content (AvgIpc) is 3.11. The second-order valence-electron chi connectivity index (χ2n) is 8.34. The Morgan fingerprint density at radius 3 is 2.80 bits per heavy atom. The van der Waals surface area contributed by atoms with E-state index in [1.807, 2.05) is 0 Å². The molecule has 1 N–H and O–H groups in total. The summed E-state index contributed by atoms with van der Waals surface area (Å²) in [7, 11) is 3.58. The second-order valence-corrected chi connectivity index (χ2v) is 8.34. The van der Waals surface area contributed by atoms with E-state index in [0.717, 1.165) is 36.6 Å². The lowest BCUT2D eigenvalue weighted by Gasteiger charge is -2.50. The minimum Gasteiger partial charge on any atom is -0.498 e. The largest absolute Gasteiger partial charge is 0.498 e. The molecule has 25 heavy (non-hydrogen) atoms. The number of hydrogen-bond donors (Lipinski definition) is 1. The summed E-state index contributed by atoms with van der Waals surface area (Å²) in [5, 5.41) is 0. The number of rotatable bonds is 2. The van der Waals surface area contributed by atoms with Crippen LogP contribution in [-0.2, 0) is 18.9 Å². The van der Waals surface area contributed by atoms with Crippen molar-refractivity contribution in [1.29, 1.82) is 0 Å². The van der Waals surface area contributed by atoms with Crippen LogP contribution in [0.2, 0.25) is 0 Å². The SMILES string of the molecule is COC1=C2C[NH+]3CCC4CC5OCOC5CC4C3CC2=CC[C@@H]1OC. The van der Waals surface area contributed by atoms with Gasteiger partial charge in [0, 0.05) is 25.0 Å². The molecule has 4 fully saturated rings. The van der Waals surface area contributed by atoms with Gasteiger partial charge in [0.15, 0.2) is 0 Å². The van der Waals surface area contributed by atoms with Gasteiger partial charge in [0.2, 0.25) is 0 Å². The molecule has 0 bridgehead atoms. The Kier molecular flexibility index (Phi) is 4.16. The van der Waals surface area contributed by atoms with E-state index in [1.54, 1.807) is 19.1 Å². The summed E-state index contributed by atoms with van der Waals surface area (Å²) < 4.78 is 23.1. The lowest BCUT2D eigenvalue weighted by Crippen LogP contribution is -3.19. The molecule has 138 valence electrons. The molecule has 5 rings (SSSR count). The highest BCUT2D eigenvalue weighted by Crippen LogP contribution is 2.43. The maximum absolute atomic E-state index is 5.86. The van der Waals surface area contributed by atoms with E-state index in [0.29, 0.717) is 19.0 Å². The van der Waals surface area contributed by atoms with Gasteiger partial charge in [-0.2, -0.15) is 0 Å². The van der Waals surface area contributed by atoms with Gasteiger partial charge in [0.1, 0.15) is 25.2 Å². The van der Waals surface area contributed by atoms with Crippen LogP contribution in [0.1, 0.15) is 32.1 Å². The summed E-state index contributed by atoms with van der Waals surface area (Å²) in [6.45, 7) is 2.87. The highest BCUT2D eigenvalue weighted by molar-refractivity contribution is 5.40. The van der Waals surface area contributed by atoms with Crippen molar-refractivity contribution in [3.05, 3.63) is 23.0 Å². The molecule has 0 amide bonds. The van der Waals surface area contributed by atoms with Crippen molar-refractivity contribution in [3.63, 3.8) is 0 Å². The predicted octanol–water partition coefficient (Wildman–Crippen LogP) is 1.06. The van der Waals surface area contributed by atoms with Crippen LogP contribution in [0.4, 0.5) is 0 Å². The van der Waals surface area contributed by atoms with Crippen LogP contribution in [-0.4, -0.2) is 58.5 Å². The van der Waals surface area contributed by atoms with Gasteiger partial charge in [-0.15, -0.1) is 0 Å². The molecule has 3 aliphatic heterocycles. The maximum atomic E-state index is 5.86. The first kappa shape index (κ1) is 16.3. The molecule has 5 nitrogen and oxygen atoms in total. The number of piperidine rings is 2. The number of methoxy groups -OCH3 is 2. The first-order valence-corrected chi connectivity index (χ1v) is 9.85. The van der Waals surface area contributed by atoms with Crippen LogP contribution in [0.5, 0.6) is 0 Å². The van der Waals surface area contributed by atoms with Gasteiger partial charge < -0.3 is 23.8 Å². The van der Waals surface area contributed by atoms with Crippen molar-refractivity contribution in [3.8, 4) is 0 Å². The Hall–Kier alpha value is -0.880. The zero-order valence-corrected chi connectivity index (χ0v) is 15.3.